The summed E-state index contributed by atoms with van der Waals surface area (Å²) in [6.45, 7) is 0. The Morgan fingerprint density at radius 2 is 1.44 bits per heavy atom. The number of halogens is 1. The van der Waals surface area contributed by atoms with Crippen molar-refractivity contribution < 1.29 is 0 Å². The van der Waals surface area contributed by atoms with Gasteiger partial charge >= 0.3 is 73.3 Å². The summed E-state index contributed by atoms with van der Waals surface area (Å²) in [7, 11) is 0. The Kier molecular flexibility index (Phi) is 2.44. The van der Waals surface area contributed by atoms with Crippen LogP contribution in [0.4, 0.5) is 0 Å². The van der Waals surface area contributed by atoms with Crippen molar-refractivity contribution in [2.45, 2.75) is 0 Å². The van der Waals surface area contributed by atoms with Crippen LogP contribution in [0, 0.1) is 0 Å². The van der Waals surface area contributed by atoms with Gasteiger partial charge in [-0.15, -0.1) is 0 Å². The second-order valence-electron chi connectivity index (χ2n) is 1.17. The predicted octanol–water partition coefficient (Wildman–Crippen LogP) is -1.89. The molecule has 2 radical (unpaired) electrons. The summed E-state index contributed by atoms with van der Waals surface area (Å²) in [4.78, 5) is 11.2. The van der Waals surface area contributed by atoms with Gasteiger partial charge in [-0.05, 0) is 0 Å². The van der Waals surface area contributed by atoms with Crippen LogP contribution in [0.15, 0.2) is 0 Å². The normalized spacial score (nSPS) is 9.44. The third-order valence-corrected chi connectivity index (χ3v) is 1.50. The molecule has 6 heteroatoms. The molecule has 0 saturated carbocycles. The topological polar surface area (TPSA) is 38.7 Å². The second-order valence-corrected chi connectivity index (χ2v) is 3.04. The first kappa shape index (κ1) is 7.45. The quantitative estimate of drug-likeness (QED) is 0.518. The number of hydrogen-bond donors (Lipinski definition) is 0. The molecule has 1 aromatic rings. The van der Waals surface area contributed by atoms with E-state index in [2.05, 4.69) is 47.0 Å². The van der Waals surface area contributed by atoms with Crippen LogP contribution >= 0.6 is 11.6 Å². The summed E-state index contributed by atoms with van der Waals surface area (Å²) < 4.78 is 1.01. The zero-order valence-electron chi connectivity index (χ0n) is 4.04. The fraction of sp³-hybridized carbons (Fsp3) is 0. The van der Waals surface area contributed by atoms with Gasteiger partial charge in [-0.25, -0.2) is 0 Å². The minimum absolute atomic E-state index is 0.201. The van der Waals surface area contributed by atoms with Gasteiger partial charge in [-0.1, -0.05) is 0 Å². The molecule has 0 aromatic carbocycles. The first-order valence-corrected chi connectivity index (χ1v) is 4.03. The van der Waals surface area contributed by atoms with Gasteiger partial charge in [-0.2, -0.15) is 0 Å². The molecule has 0 amide bonds. The molecule has 0 aliphatic rings. The Morgan fingerprint density at radius 1 is 1.00 bits per heavy atom. The fourth-order valence-electron chi connectivity index (χ4n) is 0.315. The maximum atomic E-state index is 5.45. The van der Waals surface area contributed by atoms with Crippen LogP contribution < -0.4 is 9.45 Å². The zero-order valence-corrected chi connectivity index (χ0v) is 8.22. The molecule has 0 saturated heterocycles. The van der Waals surface area contributed by atoms with Crippen LogP contribution in [0.25, 0.3) is 0 Å². The van der Waals surface area contributed by atoms with Gasteiger partial charge in [0.15, 0.2) is 0 Å². The Labute approximate surface area is 73.3 Å². The summed E-state index contributed by atoms with van der Waals surface area (Å²) in [5, 5.41) is 0.201. The summed E-state index contributed by atoms with van der Waals surface area (Å²) in [6.07, 6.45) is 0. The number of nitrogens with zero attached hydrogens (tertiary/aromatic N) is 3. The van der Waals surface area contributed by atoms with E-state index in [1.807, 2.05) is 0 Å². The zero-order chi connectivity index (χ0) is 6.85. The second kappa shape index (κ2) is 2.95. The van der Waals surface area contributed by atoms with Crippen molar-refractivity contribution in [1.82, 2.24) is 15.0 Å². The van der Waals surface area contributed by atoms with Gasteiger partial charge in [0, 0.05) is 0 Å². The molecule has 0 N–H and O–H groups in total. The molecule has 0 bridgehead atoms. The van der Waals surface area contributed by atoms with E-state index in [1.54, 1.807) is 0 Å². The summed E-state index contributed by atoms with van der Waals surface area (Å²) in [5.74, 6) is 0. The molecule has 3 nitrogen and oxygen atoms in total. The summed E-state index contributed by atoms with van der Waals surface area (Å²) in [6, 6.07) is 0. The van der Waals surface area contributed by atoms with Gasteiger partial charge in [0.1, 0.15) is 0 Å². The summed E-state index contributed by atoms with van der Waals surface area (Å²) >= 11 is 10.7. The van der Waals surface area contributed by atoms with E-state index in [4.69, 9.17) is 11.6 Å². The van der Waals surface area contributed by atoms with E-state index >= 15 is 0 Å². The number of aromatic nitrogens is 3. The molecule has 0 atom stereocenters. The standard InChI is InChI=1S/C3ClN3Se2/c4-1-5-2(8)7-3(9)6-1. The van der Waals surface area contributed by atoms with Crippen molar-refractivity contribution in [2.75, 3.05) is 0 Å². The molecule has 9 heavy (non-hydrogen) atoms. The molecule has 0 aliphatic carbocycles. The van der Waals surface area contributed by atoms with Crippen molar-refractivity contribution in [3.8, 4) is 0 Å². The predicted molar refractivity (Wildman–Crippen MR) is 35.6 cm³/mol. The Hall–Kier alpha value is 0.339. The molecule has 1 heterocycles. The van der Waals surface area contributed by atoms with Crippen molar-refractivity contribution in [1.29, 1.82) is 0 Å². The van der Waals surface area contributed by atoms with Gasteiger partial charge in [-0.3, -0.25) is 0 Å². The molecule has 0 unspecified atom stereocenters. The first-order chi connectivity index (χ1) is 4.18. The monoisotopic (exact) mass is 273 g/mol. The van der Waals surface area contributed by atoms with E-state index in [9.17, 15) is 0 Å². The van der Waals surface area contributed by atoms with Crippen LogP contribution in [0.3, 0.4) is 0 Å². The number of rotatable bonds is 0. The van der Waals surface area contributed by atoms with E-state index in [0.717, 1.165) is 0 Å². The van der Waals surface area contributed by atoms with Crippen molar-refractivity contribution in [2.24, 2.45) is 0 Å². The average molecular weight is 271 g/mol. The molecule has 46 valence electrons. The molecular formula is C3ClN3Se2. The third-order valence-electron chi connectivity index (χ3n) is 0.567. The first-order valence-electron chi connectivity index (χ1n) is 1.94. The van der Waals surface area contributed by atoms with Crippen LogP contribution in [0.1, 0.15) is 0 Å². The SMILES string of the molecule is Clc1nc([Se])nc([Se])n1. The molecule has 1 rings (SSSR count). The maximum absolute atomic E-state index is 5.45. The van der Waals surface area contributed by atoms with E-state index in [0.29, 0.717) is 9.45 Å². The van der Waals surface area contributed by atoms with Gasteiger partial charge in [0.25, 0.3) is 0 Å². The van der Waals surface area contributed by atoms with Crippen molar-refractivity contribution >= 4 is 53.1 Å². The summed E-state index contributed by atoms with van der Waals surface area (Å²) in [5.41, 5.74) is 0. The van der Waals surface area contributed by atoms with Crippen LogP contribution in [0.5, 0.6) is 0 Å². The molecular weight excluding hydrogens is 271 g/mol. The minimum atomic E-state index is 0.201. The van der Waals surface area contributed by atoms with Crippen molar-refractivity contribution in [3.05, 3.63) is 5.28 Å². The molecule has 0 aliphatic heterocycles. The van der Waals surface area contributed by atoms with Crippen LogP contribution in [-0.2, 0) is 0 Å². The molecule has 1 aromatic heterocycles. The van der Waals surface area contributed by atoms with Gasteiger partial charge in [0.2, 0.25) is 0 Å². The Bertz CT molecular complexity index is 178. The van der Waals surface area contributed by atoms with Gasteiger partial charge < -0.3 is 0 Å². The average Bonchev–Trinajstić information content (AvgIpc) is 1.59. The van der Waals surface area contributed by atoms with Gasteiger partial charge in [0.05, 0.1) is 0 Å². The van der Waals surface area contributed by atoms with Crippen molar-refractivity contribution in [3.63, 3.8) is 0 Å². The number of hydrogen-bond acceptors (Lipinski definition) is 3. The van der Waals surface area contributed by atoms with E-state index in [1.165, 1.54) is 0 Å². The molecule has 0 spiro atoms. The van der Waals surface area contributed by atoms with E-state index in [-0.39, 0.29) is 5.28 Å². The fourth-order valence-corrected chi connectivity index (χ4v) is 1.72. The Balaban J connectivity index is 3.17. The Morgan fingerprint density at radius 3 is 1.78 bits per heavy atom. The molecule has 0 fully saturated rings. The third kappa shape index (κ3) is 2.20. The van der Waals surface area contributed by atoms with Crippen LogP contribution in [0.2, 0.25) is 5.28 Å². The van der Waals surface area contributed by atoms with E-state index < -0.39 is 0 Å². The van der Waals surface area contributed by atoms with Crippen LogP contribution in [-0.4, -0.2) is 47.0 Å².